The van der Waals surface area contributed by atoms with Gasteiger partial charge in [-0.2, -0.15) is 0 Å². The molecule has 0 spiro atoms. The molecule has 20 heavy (non-hydrogen) atoms. The van der Waals surface area contributed by atoms with Crippen LogP contribution in [-0.4, -0.2) is 37.2 Å². The Labute approximate surface area is 122 Å². The highest BCUT2D eigenvalue weighted by Crippen LogP contribution is 2.33. The zero-order valence-corrected chi connectivity index (χ0v) is 13.0. The van der Waals surface area contributed by atoms with Gasteiger partial charge >= 0.3 is 0 Å². The van der Waals surface area contributed by atoms with Crippen molar-refractivity contribution in [1.29, 1.82) is 0 Å². The molecule has 0 amide bonds. The fourth-order valence-corrected chi connectivity index (χ4v) is 3.15. The van der Waals surface area contributed by atoms with Crippen molar-refractivity contribution in [3.8, 4) is 0 Å². The van der Waals surface area contributed by atoms with Crippen molar-refractivity contribution in [2.24, 2.45) is 0 Å². The zero-order valence-electron chi connectivity index (χ0n) is 13.0. The molecule has 2 aliphatic rings. The van der Waals surface area contributed by atoms with E-state index in [1.165, 1.54) is 16.7 Å². The third kappa shape index (κ3) is 2.55. The Bertz CT molecular complexity index is 526. The predicted molar refractivity (Wildman–Crippen MR) is 83.9 cm³/mol. The third-order valence-electron chi connectivity index (χ3n) is 4.65. The van der Waals surface area contributed by atoms with Crippen LogP contribution in [0.15, 0.2) is 30.3 Å². The van der Waals surface area contributed by atoms with Gasteiger partial charge in [0.05, 0.1) is 19.3 Å². The van der Waals surface area contributed by atoms with Gasteiger partial charge in [-0.1, -0.05) is 51.1 Å². The van der Waals surface area contributed by atoms with E-state index < -0.39 is 0 Å². The standard InChI is InChI=1S/C18H25NO/c1-18(2,3)15-7-5-6-13(8-15)14-9-16-11-20-12-17(10-14)19(16)4/h5-9,16-17H,10-12H2,1-4H3. The predicted octanol–water partition coefficient (Wildman–Crippen LogP) is 3.47. The van der Waals surface area contributed by atoms with Crippen LogP contribution in [0.2, 0.25) is 0 Å². The third-order valence-corrected chi connectivity index (χ3v) is 4.65. The molecule has 1 aromatic rings. The summed E-state index contributed by atoms with van der Waals surface area (Å²) < 4.78 is 5.68. The SMILES string of the molecule is CN1C2C=C(c3cccc(C(C)(C)C)c3)CC1COC2. The van der Waals surface area contributed by atoms with Gasteiger partial charge in [-0.15, -0.1) is 0 Å². The van der Waals surface area contributed by atoms with Crippen LogP contribution in [-0.2, 0) is 10.2 Å². The number of benzene rings is 1. The second-order valence-electron chi connectivity index (χ2n) is 7.15. The van der Waals surface area contributed by atoms with E-state index in [0.29, 0.717) is 12.1 Å². The quantitative estimate of drug-likeness (QED) is 0.775. The first-order chi connectivity index (χ1) is 9.45. The summed E-state index contributed by atoms with van der Waals surface area (Å²) >= 11 is 0. The van der Waals surface area contributed by atoms with E-state index in [-0.39, 0.29) is 5.41 Å². The normalized spacial score (nSPS) is 27.3. The fourth-order valence-electron chi connectivity index (χ4n) is 3.15. The van der Waals surface area contributed by atoms with E-state index in [9.17, 15) is 0 Å². The van der Waals surface area contributed by atoms with Gasteiger partial charge in [-0.25, -0.2) is 0 Å². The Morgan fingerprint density at radius 2 is 2.00 bits per heavy atom. The summed E-state index contributed by atoms with van der Waals surface area (Å²) in [5.41, 5.74) is 4.51. The second-order valence-corrected chi connectivity index (χ2v) is 7.15. The molecule has 2 atom stereocenters. The summed E-state index contributed by atoms with van der Waals surface area (Å²) in [6, 6.07) is 10.0. The van der Waals surface area contributed by atoms with E-state index in [1.807, 2.05) is 0 Å². The molecule has 0 saturated carbocycles. The largest absolute Gasteiger partial charge is 0.378 e. The Hall–Kier alpha value is -1.12. The molecule has 1 saturated heterocycles. The van der Waals surface area contributed by atoms with Gasteiger partial charge in [0.15, 0.2) is 0 Å². The number of ether oxygens (including phenoxy) is 1. The molecule has 2 bridgehead atoms. The van der Waals surface area contributed by atoms with Crippen LogP contribution >= 0.6 is 0 Å². The topological polar surface area (TPSA) is 12.5 Å². The molecule has 2 nitrogen and oxygen atoms in total. The molecule has 0 N–H and O–H groups in total. The lowest BCUT2D eigenvalue weighted by Gasteiger charge is -2.42. The minimum Gasteiger partial charge on any atom is -0.378 e. The van der Waals surface area contributed by atoms with Gasteiger partial charge in [-0.05, 0) is 35.6 Å². The highest BCUT2D eigenvalue weighted by molar-refractivity contribution is 5.68. The van der Waals surface area contributed by atoms with Crippen LogP contribution < -0.4 is 0 Å². The summed E-state index contributed by atoms with van der Waals surface area (Å²) in [4.78, 5) is 2.46. The highest BCUT2D eigenvalue weighted by Gasteiger charge is 2.32. The van der Waals surface area contributed by atoms with Crippen molar-refractivity contribution in [1.82, 2.24) is 4.90 Å². The Balaban J connectivity index is 1.94. The van der Waals surface area contributed by atoms with Crippen molar-refractivity contribution in [3.63, 3.8) is 0 Å². The lowest BCUT2D eigenvalue weighted by molar-refractivity contribution is -0.0221. The number of fused-ring (bicyclic) bond motifs is 2. The van der Waals surface area contributed by atoms with Gasteiger partial charge in [0.1, 0.15) is 0 Å². The molecule has 2 aliphatic heterocycles. The van der Waals surface area contributed by atoms with Crippen LogP contribution in [0.1, 0.15) is 38.3 Å². The zero-order chi connectivity index (χ0) is 14.3. The molecule has 1 fully saturated rings. The Morgan fingerprint density at radius 3 is 2.70 bits per heavy atom. The summed E-state index contributed by atoms with van der Waals surface area (Å²) in [7, 11) is 2.22. The molecule has 2 heteroatoms. The first-order valence-electron chi connectivity index (χ1n) is 7.56. The van der Waals surface area contributed by atoms with Gasteiger partial charge in [0.25, 0.3) is 0 Å². The molecule has 1 aromatic carbocycles. The van der Waals surface area contributed by atoms with Crippen molar-refractivity contribution < 1.29 is 4.74 Å². The average Bonchev–Trinajstić information content (AvgIpc) is 2.37. The second kappa shape index (κ2) is 5.01. The van der Waals surface area contributed by atoms with Crippen molar-refractivity contribution >= 4 is 5.57 Å². The fraction of sp³-hybridized carbons (Fsp3) is 0.556. The summed E-state index contributed by atoms with van der Waals surface area (Å²) in [6.07, 6.45) is 3.50. The van der Waals surface area contributed by atoms with Crippen LogP contribution in [0.25, 0.3) is 5.57 Å². The first kappa shape index (κ1) is 13.8. The maximum atomic E-state index is 5.68. The van der Waals surface area contributed by atoms with Crippen LogP contribution in [0.3, 0.4) is 0 Å². The van der Waals surface area contributed by atoms with E-state index >= 15 is 0 Å². The number of nitrogens with zero attached hydrogens (tertiary/aromatic N) is 1. The number of likely N-dealkylation sites (N-methyl/N-ethyl adjacent to an activating group) is 1. The molecule has 0 radical (unpaired) electrons. The van der Waals surface area contributed by atoms with Crippen LogP contribution in [0.4, 0.5) is 0 Å². The maximum Gasteiger partial charge on any atom is 0.0658 e. The van der Waals surface area contributed by atoms with E-state index in [1.54, 1.807) is 0 Å². The molecule has 3 rings (SSSR count). The van der Waals surface area contributed by atoms with E-state index in [4.69, 9.17) is 4.74 Å². The van der Waals surface area contributed by atoms with Gasteiger partial charge < -0.3 is 4.74 Å². The lowest BCUT2D eigenvalue weighted by atomic mass is 9.83. The van der Waals surface area contributed by atoms with Crippen LogP contribution in [0.5, 0.6) is 0 Å². The van der Waals surface area contributed by atoms with Gasteiger partial charge in [0.2, 0.25) is 0 Å². The molecule has 0 aromatic heterocycles. The van der Waals surface area contributed by atoms with Crippen molar-refractivity contribution in [2.45, 2.75) is 44.7 Å². The molecule has 108 valence electrons. The van der Waals surface area contributed by atoms with Gasteiger partial charge in [-0.3, -0.25) is 4.90 Å². The van der Waals surface area contributed by atoms with Crippen molar-refractivity contribution in [2.75, 3.05) is 20.3 Å². The molecular formula is C18H25NO. The summed E-state index contributed by atoms with van der Waals surface area (Å²) in [5, 5.41) is 0. The molecule has 2 unspecified atom stereocenters. The smallest absolute Gasteiger partial charge is 0.0658 e. The van der Waals surface area contributed by atoms with Gasteiger partial charge in [0, 0.05) is 6.04 Å². The summed E-state index contributed by atoms with van der Waals surface area (Å²) in [6.45, 7) is 8.52. The number of hydrogen-bond donors (Lipinski definition) is 0. The Kier molecular flexibility index (Phi) is 3.47. The molecule has 0 aliphatic carbocycles. The average molecular weight is 271 g/mol. The summed E-state index contributed by atoms with van der Waals surface area (Å²) in [5.74, 6) is 0. The molecular weight excluding hydrogens is 246 g/mol. The maximum absolute atomic E-state index is 5.68. The highest BCUT2D eigenvalue weighted by atomic mass is 16.5. The van der Waals surface area contributed by atoms with E-state index in [0.717, 1.165) is 19.6 Å². The monoisotopic (exact) mass is 271 g/mol. The number of morpholine rings is 1. The van der Waals surface area contributed by atoms with Crippen LogP contribution in [0, 0.1) is 0 Å². The first-order valence-corrected chi connectivity index (χ1v) is 7.56. The minimum absolute atomic E-state index is 0.209. The number of rotatable bonds is 1. The van der Waals surface area contributed by atoms with E-state index in [2.05, 4.69) is 63.1 Å². The minimum atomic E-state index is 0.209. The molecule has 2 heterocycles. The van der Waals surface area contributed by atoms with Crippen molar-refractivity contribution in [3.05, 3.63) is 41.5 Å². The number of hydrogen-bond acceptors (Lipinski definition) is 2. The lowest BCUT2D eigenvalue weighted by Crippen LogP contribution is -2.51. The Morgan fingerprint density at radius 1 is 1.20 bits per heavy atom.